The number of hydrogen-bond donors (Lipinski definition) is 0. The normalized spacial score (nSPS) is 12.2. The van der Waals surface area contributed by atoms with Gasteiger partial charge < -0.3 is 4.90 Å². The van der Waals surface area contributed by atoms with E-state index in [-0.39, 0.29) is 11.6 Å². The molecule has 0 saturated heterocycles. The molecule has 0 fully saturated rings. The lowest BCUT2D eigenvalue weighted by Crippen LogP contribution is -2.23. The van der Waals surface area contributed by atoms with Crippen LogP contribution in [0.1, 0.15) is 70.7 Å². The topological polar surface area (TPSA) is 3.24 Å². The molecule has 0 amide bonds. The van der Waals surface area contributed by atoms with Gasteiger partial charge in [0.2, 0.25) is 0 Å². The molecular weight excluding hydrogens is 356 g/mol. The molecular formula is C19H29F6N. The zero-order chi connectivity index (χ0) is 21.3. The van der Waals surface area contributed by atoms with Crippen molar-refractivity contribution in [2.24, 2.45) is 0 Å². The molecule has 1 aromatic rings. The number of allylic oxidation sites excluding steroid dienone is 1. The van der Waals surface area contributed by atoms with Gasteiger partial charge in [0.1, 0.15) is 0 Å². The zero-order valence-corrected chi connectivity index (χ0v) is 16.4. The number of benzene rings is 1. The Kier molecular flexibility index (Phi) is 11.4. The van der Waals surface area contributed by atoms with E-state index in [4.69, 9.17) is 0 Å². The van der Waals surface area contributed by atoms with Gasteiger partial charge in [0, 0.05) is 12.7 Å². The van der Waals surface area contributed by atoms with E-state index in [1.54, 1.807) is 25.8 Å². The average molecular weight is 385 g/mol. The number of halogens is 6. The lowest BCUT2D eigenvalue weighted by Gasteiger charge is -2.30. The largest absolute Gasteiger partial charge is 0.416 e. The van der Waals surface area contributed by atoms with Gasteiger partial charge >= 0.3 is 12.4 Å². The molecule has 152 valence electrons. The number of hydrogen-bond acceptors (Lipinski definition) is 1. The van der Waals surface area contributed by atoms with Crippen LogP contribution in [-0.4, -0.2) is 11.9 Å². The van der Waals surface area contributed by atoms with Crippen molar-refractivity contribution >= 4 is 0 Å². The predicted molar refractivity (Wildman–Crippen MR) is 94.8 cm³/mol. The molecule has 1 atom stereocenters. The molecule has 0 bridgehead atoms. The first kappa shape index (κ1) is 26.6. The van der Waals surface area contributed by atoms with Crippen molar-refractivity contribution in [1.29, 1.82) is 0 Å². The molecule has 0 radical (unpaired) electrons. The standard InChI is InChI=1S/C15H17F6N.2C2H6/c1-5-13(22(4)9(2)3)10-6-11(14(16,17)18)8-12(7-10)15(19,20)21;2*1-2/h6-8,13H,2,5H2,1,3-4H3;2*1-2H3. The third-order valence-corrected chi connectivity index (χ3v) is 3.45. The molecule has 0 saturated carbocycles. The van der Waals surface area contributed by atoms with Gasteiger partial charge in [-0.1, -0.05) is 41.2 Å². The van der Waals surface area contributed by atoms with Gasteiger partial charge in [0.25, 0.3) is 0 Å². The summed E-state index contributed by atoms with van der Waals surface area (Å²) in [6.07, 6.45) is -9.33. The van der Waals surface area contributed by atoms with E-state index in [1.165, 1.54) is 0 Å². The second kappa shape index (κ2) is 11.1. The summed E-state index contributed by atoms with van der Waals surface area (Å²) in [4.78, 5) is 1.57. The van der Waals surface area contributed by atoms with E-state index in [0.29, 0.717) is 12.1 Å². The van der Waals surface area contributed by atoms with Gasteiger partial charge in [-0.15, -0.1) is 0 Å². The molecule has 0 aliphatic carbocycles. The van der Waals surface area contributed by atoms with Crippen molar-refractivity contribution in [2.45, 2.75) is 66.4 Å². The minimum Gasteiger partial charge on any atom is -0.372 e. The summed E-state index contributed by atoms with van der Waals surface area (Å²) < 4.78 is 77.2. The number of nitrogens with zero attached hydrogens (tertiary/aromatic N) is 1. The van der Waals surface area contributed by atoms with E-state index < -0.39 is 29.5 Å². The lowest BCUT2D eigenvalue weighted by atomic mass is 9.97. The van der Waals surface area contributed by atoms with Crippen LogP contribution >= 0.6 is 0 Å². The molecule has 0 aliphatic rings. The van der Waals surface area contributed by atoms with E-state index in [2.05, 4.69) is 6.58 Å². The number of rotatable bonds is 4. The first-order chi connectivity index (χ1) is 11.9. The van der Waals surface area contributed by atoms with Crippen LogP contribution in [0.25, 0.3) is 0 Å². The molecule has 1 rings (SSSR count). The quantitative estimate of drug-likeness (QED) is 0.480. The maximum Gasteiger partial charge on any atom is 0.416 e. The molecule has 1 nitrogen and oxygen atoms in total. The van der Waals surface area contributed by atoms with Crippen LogP contribution in [-0.2, 0) is 12.4 Å². The first-order valence-corrected chi connectivity index (χ1v) is 8.55. The molecule has 0 heterocycles. The molecule has 0 aliphatic heterocycles. The van der Waals surface area contributed by atoms with Gasteiger partial charge in [-0.3, -0.25) is 0 Å². The third-order valence-electron chi connectivity index (χ3n) is 3.45. The third kappa shape index (κ3) is 7.70. The van der Waals surface area contributed by atoms with E-state index in [9.17, 15) is 26.3 Å². The molecule has 7 heteroatoms. The fourth-order valence-electron chi connectivity index (χ4n) is 2.17. The highest BCUT2D eigenvalue weighted by Gasteiger charge is 2.37. The van der Waals surface area contributed by atoms with Gasteiger partial charge in [-0.2, -0.15) is 26.3 Å². The predicted octanol–water partition coefficient (Wildman–Crippen LogP) is 7.69. The van der Waals surface area contributed by atoms with Crippen LogP contribution in [0.5, 0.6) is 0 Å². The smallest absolute Gasteiger partial charge is 0.372 e. The van der Waals surface area contributed by atoms with Gasteiger partial charge in [-0.05, 0) is 37.1 Å². The molecule has 1 unspecified atom stereocenters. The summed E-state index contributed by atoms with van der Waals surface area (Å²) in [6, 6.07) is 1.06. The molecule has 26 heavy (non-hydrogen) atoms. The molecule has 0 aromatic heterocycles. The number of alkyl halides is 6. The minimum atomic E-state index is -4.84. The zero-order valence-electron chi connectivity index (χ0n) is 16.4. The van der Waals surface area contributed by atoms with Crippen molar-refractivity contribution in [2.75, 3.05) is 7.05 Å². The fraction of sp³-hybridized carbons (Fsp3) is 0.579. The Morgan fingerprint density at radius 3 is 1.50 bits per heavy atom. The summed E-state index contributed by atoms with van der Waals surface area (Å²) in [6.45, 7) is 15.0. The Balaban J connectivity index is 0. The molecule has 0 spiro atoms. The summed E-state index contributed by atoms with van der Waals surface area (Å²) in [5.41, 5.74) is -2.08. The SMILES string of the molecule is C=C(C)N(C)C(CC)c1cc(C(F)(F)F)cc(C(F)(F)F)c1.CC.CC. The van der Waals surface area contributed by atoms with Gasteiger partial charge in [0.05, 0.1) is 17.2 Å². The Hall–Kier alpha value is -1.66. The van der Waals surface area contributed by atoms with Crippen molar-refractivity contribution in [3.05, 3.63) is 47.2 Å². The monoisotopic (exact) mass is 385 g/mol. The summed E-state index contributed by atoms with van der Waals surface area (Å²) in [7, 11) is 1.59. The van der Waals surface area contributed by atoms with Crippen molar-refractivity contribution in [1.82, 2.24) is 4.90 Å². The van der Waals surface area contributed by atoms with Gasteiger partial charge in [-0.25, -0.2) is 0 Å². The second-order valence-corrected chi connectivity index (χ2v) is 5.11. The Labute approximate surface area is 152 Å². The van der Waals surface area contributed by atoms with E-state index >= 15 is 0 Å². The van der Waals surface area contributed by atoms with Crippen molar-refractivity contribution in [3.8, 4) is 0 Å². The van der Waals surface area contributed by atoms with E-state index in [1.807, 2.05) is 27.7 Å². The highest BCUT2D eigenvalue weighted by atomic mass is 19.4. The van der Waals surface area contributed by atoms with Crippen LogP contribution < -0.4 is 0 Å². The van der Waals surface area contributed by atoms with E-state index in [0.717, 1.165) is 12.1 Å². The summed E-state index contributed by atoms with van der Waals surface area (Å²) >= 11 is 0. The maximum absolute atomic E-state index is 12.9. The average Bonchev–Trinajstić information content (AvgIpc) is 2.57. The molecule has 1 aromatic carbocycles. The van der Waals surface area contributed by atoms with Crippen molar-refractivity contribution in [3.63, 3.8) is 0 Å². The highest BCUT2D eigenvalue weighted by Crippen LogP contribution is 2.39. The van der Waals surface area contributed by atoms with Gasteiger partial charge in [0.15, 0.2) is 0 Å². The maximum atomic E-state index is 12.9. The van der Waals surface area contributed by atoms with Crippen LogP contribution in [0.2, 0.25) is 0 Å². The van der Waals surface area contributed by atoms with Crippen LogP contribution in [0.3, 0.4) is 0 Å². The minimum absolute atomic E-state index is 0.0323. The lowest BCUT2D eigenvalue weighted by molar-refractivity contribution is -0.143. The summed E-state index contributed by atoms with van der Waals surface area (Å²) in [5, 5.41) is 0. The summed E-state index contributed by atoms with van der Waals surface area (Å²) in [5.74, 6) is 0. The molecule has 0 N–H and O–H groups in total. The Morgan fingerprint density at radius 1 is 0.923 bits per heavy atom. The highest BCUT2D eigenvalue weighted by molar-refractivity contribution is 5.35. The Morgan fingerprint density at radius 2 is 1.27 bits per heavy atom. The Bertz CT molecular complexity index is 514. The van der Waals surface area contributed by atoms with Crippen LogP contribution in [0.4, 0.5) is 26.3 Å². The van der Waals surface area contributed by atoms with Crippen molar-refractivity contribution < 1.29 is 26.3 Å². The second-order valence-electron chi connectivity index (χ2n) is 5.11. The fourth-order valence-corrected chi connectivity index (χ4v) is 2.17. The first-order valence-electron chi connectivity index (χ1n) is 8.55. The van der Waals surface area contributed by atoms with Crippen LogP contribution in [0.15, 0.2) is 30.5 Å². The van der Waals surface area contributed by atoms with Crippen LogP contribution in [0, 0.1) is 0 Å².